The molecule has 1 amide bonds. The molecule has 1 aromatic carbocycles. The maximum Gasteiger partial charge on any atom is 0.387 e. The quantitative estimate of drug-likeness (QED) is 0.745. The van der Waals surface area contributed by atoms with Gasteiger partial charge in [0.15, 0.2) is 0 Å². The Morgan fingerprint density at radius 1 is 1.18 bits per heavy atom. The zero-order chi connectivity index (χ0) is 20.6. The van der Waals surface area contributed by atoms with Gasteiger partial charge in [0.2, 0.25) is 0 Å². The van der Waals surface area contributed by atoms with Crippen LogP contribution in [-0.4, -0.2) is 29.0 Å². The normalized spacial score (nSPS) is 16.6. The first kappa shape index (κ1) is 19.9. The Morgan fingerprint density at radius 3 is 2.54 bits per heavy atom. The van der Waals surface area contributed by atoms with Gasteiger partial charge >= 0.3 is 18.4 Å². The number of anilines is 1. The van der Waals surface area contributed by atoms with E-state index in [-0.39, 0.29) is 17.0 Å². The summed E-state index contributed by atoms with van der Waals surface area (Å²) in [6.45, 7) is -3.63. The second kappa shape index (κ2) is 7.30. The standard InChI is InChI=1S/C17H12F6N2O3/c18-14(19)13(26)10-2-1-3-11-12(10)17(22,23)15(27)25(11)7-8-4-9(6-24-5-8)28-16(20)21/h1-6,13-14,16,26H,7H2. The van der Waals surface area contributed by atoms with Crippen LogP contribution in [0.3, 0.4) is 0 Å². The van der Waals surface area contributed by atoms with Gasteiger partial charge in [-0.05, 0) is 23.3 Å². The van der Waals surface area contributed by atoms with Crippen molar-refractivity contribution >= 4 is 11.6 Å². The van der Waals surface area contributed by atoms with Gasteiger partial charge in [-0.3, -0.25) is 9.78 Å². The number of fused-ring (bicyclic) bond motifs is 1. The van der Waals surface area contributed by atoms with E-state index in [1.165, 1.54) is 0 Å². The third-order valence-corrected chi connectivity index (χ3v) is 4.09. The zero-order valence-corrected chi connectivity index (χ0v) is 13.8. The number of benzene rings is 1. The summed E-state index contributed by atoms with van der Waals surface area (Å²) in [4.78, 5) is 16.5. The first-order valence-electron chi connectivity index (χ1n) is 7.81. The number of carbonyl (C=O) groups is 1. The Kier molecular flexibility index (Phi) is 5.20. The van der Waals surface area contributed by atoms with Crippen LogP contribution < -0.4 is 9.64 Å². The monoisotopic (exact) mass is 406 g/mol. The van der Waals surface area contributed by atoms with Crippen LogP contribution in [0.4, 0.5) is 32.0 Å². The minimum Gasteiger partial charge on any atom is -0.433 e. The second-order valence-corrected chi connectivity index (χ2v) is 5.89. The molecule has 3 rings (SSSR count). The van der Waals surface area contributed by atoms with E-state index in [1.54, 1.807) is 0 Å². The molecule has 1 atom stereocenters. The molecule has 1 aliphatic rings. The molecule has 2 heterocycles. The highest BCUT2D eigenvalue weighted by molar-refractivity contribution is 6.06. The molecule has 0 aliphatic carbocycles. The highest BCUT2D eigenvalue weighted by Crippen LogP contribution is 2.48. The summed E-state index contributed by atoms with van der Waals surface area (Å²) < 4.78 is 83.5. The number of alkyl halides is 6. The van der Waals surface area contributed by atoms with Gasteiger partial charge in [0.05, 0.1) is 24.0 Å². The van der Waals surface area contributed by atoms with Crippen LogP contribution in [-0.2, 0) is 17.3 Å². The van der Waals surface area contributed by atoms with Gasteiger partial charge in [0.1, 0.15) is 11.9 Å². The lowest BCUT2D eigenvalue weighted by molar-refractivity contribution is -0.142. The highest BCUT2D eigenvalue weighted by atomic mass is 19.3. The molecule has 2 aromatic rings. The van der Waals surface area contributed by atoms with Gasteiger partial charge in [0.25, 0.3) is 6.43 Å². The van der Waals surface area contributed by atoms with E-state index in [9.17, 15) is 36.2 Å². The highest BCUT2D eigenvalue weighted by Gasteiger charge is 2.55. The van der Waals surface area contributed by atoms with E-state index in [0.29, 0.717) is 4.90 Å². The van der Waals surface area contributed by atoms with E-state index in [0.717, 1.165) is 36.7 Å². The summed E-state index contributed by atoms with van der Waals surface area (Å²) in [7, 11) is 0. The number of halogens is 6. The summed E-state index contributed by atoms with van der Waals surface area (Å²) in [6, 6.07) is 4.23. The number of rotatable bonds is 6. The predicted molar refractivity (Wildman–Crippen MR) is 83.4 cm³/mol. The molecule has 0 saturated heterocycles. The van der Waals surface area contributed by atoms with E-state index in [4.69, 9.17) is 0 Å². The summed E-state index contributed by atoms with van der Waals surface area (Å²) in [5.41, 5.74) is -2.05. The number of aliphatic hydroxyl groups excluding tert-OH is 1. The number of aliphatic hydroxyl groups is 1. The Labute approximate surface area is 154 Å². The number of ether oxygens (including phenoxy) is 1. The Morgan fingerprint density at radius 2 is 1.89 bits per heavy atom. The van der Waals surface area contributed by atoms with Gasteiger partial charge in [-0.15, -0.1) is 0 Å². The second-order valence-electron chi connectivity index (χ2n) is 5.89. The molecule has 1 unspecified atom stereocenters. The fraction of sp³-hybridized carbons (Fsp3) is 0.294. The van der Waals surface area contributed by atoms with Gasteiger partial charge in [-0.25, -0.2) is 8.78 Å². The van der Waals surface area contributed by atoms with Crippen molar-refractivity contribution in [3.63, 3.8) is 0 Å². The average Bonchev–Trinajstić information content (AvgIpc) is 2.82. The topological polar surface area (TPSA) is 62.7 Å². The first-order valence-corrected chi connectivity index (χ1v) is 7.81. The van der Waals surface area contributed by atoms with Crippen LogP contribution in [0.2, 0.25) is 0 Å². The molecule has 5 nitrogen and oxygen atoms in total. The van der Waals surface area contributed by atoms with Gasteiger partial charge in [-0.2, -0.15) is 17.6 Å². The fourth-order valence-corrected chi connectivity index (χ4v) is 2.95. The maximum atomic E-state index is 14.5. The number of carbonyl (C=O) groups excluding carboxylic acids is 1. The van der Waals surface area contributed by atoms with Crippen LogP contribution in [0.25, 0.3) is 0 Å². The number of pyridine rings is 1. The van der Waals surface area contributed by atoms with Crippen molar-refractivity contribution in [1.29, 1.82) is 0 Å². The lowest BCUT2D eigenvalue weighted by atomic mass is 9.98. The van der Waals surface area contributed by atoms with Crippen molar-refractivity contribution in [1.82, 2.24) is 4.98 Å². The van der Waals surface area contributed by atoms with E-state index in [1.807, 2.05) is 0 Å². The fourth-order valence-electron chi connectivity index (χ4n) is 2.95. The number of hydrogen-bond acceptors (Lipinski definition) is 4. The van der Waals surface area contributed by atoms with Crippen LogP contribution in [0.1, 0.15) is 22.8 Å². The third-order valence-electron chi connectivity index (χ3n) is 4.09. The van der Waals surface area contributed by atoms with Crippen LogP contribution in [0.5, 0.6) is 5.75 Å². The minimum absolute atomic E-state index is 0.0926. The first-order chi connectivity index (χ1) is 13.1. The Balaban J connectivity index is 2.00. The largest absolute Gasteiger partial charge is 0.433 e. The number of hydrogen-bond donors (Lipinski definition) is 1. The molecule has 0 bridgehead atoms. The molecule has 1 aliphatic heterocycles. The molecule has 0 saturated carbocycles. The van der Waals surface area contributed by atoms with Crippen molar-refractivity contribution in [2.75, 3.05) is 4.90 Å². The summed E-state index contributed by atoms with van der Waals surface area (Å²) in [5.74, 6) is -6.18. The van der Waals surface area contributed by atoms with Crippen LogP contribution in [0.15, 0.2) is 36.7 Å². The van der Waals surface area contributed by atoms with E-state index in [2.05, 4.69) is 9.72 Å². The van der Waals surface area contributed by atoms with Gasteiger partial charge in [-0.1, -0.05) is 12.1 Å². The molecule has 11 heteroatoms. The molecular weight excluding hydrogens is 394 g/mol. The predicted octanol–water partition coefficient (Wildman–Crippen LogP) is 3.62. The maximum absolute atomic E-state index is 14.5. The summed E-state index contributed by atoms with van der Waals surface area (Å²) >= 11 is 0. The van der Waals surface area contributed by atoms with E-state index >= 15 is 0 Å². The summed E-state index contributed by atoms with van der Waals surface area (Å²) in [5, 5.41) is 9.57. The van der Waals surface area contributed by atoms with Gasteiger partial charge < -0.3 is 14.7 Å². The van der Waals surface area contributed by atoms with Crippen LogP contribution in [0, 0.1) is 0 Å². The summed E-state index contributed by atoms with van der Waals surface area (Å²) in [6.07, 6.45) is -3.71. The van der Waals surface area contributed by atoms with Crippen molar-refractivity contribution in [3.8, 4) is 5.75 Å². The lowest BCUT2D eigenvalue weighted by Crippen LogP contribution is -2.34. The number of aromatic nitrogens is 1. The molecule has 0 spiro atoms. The van der Waals surface area contributed by atoms with Crippen molar-refractivity contribution in [2.45, 2.75) is 31.6 Å². The molecular formula is C17H12F6N2O3. The number of nitrogens with zero attached hydrogens (tertiary/aromatic N) is 2. The zero-order valence-electron chi connectivity index (χ0n) is 13.8. The van der Waals surface area contributed by atoms with Crippen molar-refractivity contribution in [2.24, 2.45) is 0 Å². The SMILES string of the molecule is O=C1N(Cc2cncc(OC(F)F)c2)c2cccc(C(O)C(F)F)c2C1(F)F. The van der Waals surface area contributed by atoms with Crippen molar-refractivity contribution < 1.29 is 41.0 Å². The lowest BCUT2D eigenvalue weighted by Gasteiger charge is -2.18. The van der Waals surface area contributed by atoms with Crippen molar-refractivity contribution in [3.05, 3.63) is 53.3 Å². The molecule has 1 aromatic heterocycles. The molecule has 150 valence electrons. The van der Waals surface area contributed by atoms with E-state index < -0.39 is 48.6 Å². The molecule has 0 fully saturated rings. The average molecular weight is 406 g/mol. The van der Waals surface area contributed by atoms with Crippen LogP contribution >= 0.6 is 0 Å². The third kappa shape index (κ3) is 3.49. The Bertz CT molecular complexity index is 893. The Hall–Kier alpha value is -2.82. The number of amides is 1. The van der Waals surface area contributed by atoms with Gasteiger partial charge in [0, 0.05) is 6.20 Å². The molecule has 0 radical (unpaired) electrons. The molecule has 28 heavy (non-hydrogen) atoms. The minimum atomic E-state index is -4.15. The molecule has 1 N–H and O–H groups in total. The smallest absolute Gasteiger partial charge is 0.387 e.